The zero-order chi connectivity index (χ0) is 14.1. The van der Waals surface area contributed by atoms with Crippen LogP contribution in [0.3, 0.4) is 0 Å². The monoisotopic (exact) mass is 263 g/mol. The summed E-state index contributed by atoms with van der Waals surface area (Å²) in [6, 6.07) is 0. The van der Waals surface area contributed by atoms with Gasteiger partial charge in [0.15, 0.2) is 0 Å². The highest BCUT2D eigenvalue weighted by Crippen LogP contribution is 2.16. The van der Waals surface area contributed by atoms with Crippen molar-refractivity contribution in [1.29, 1.82) is 0 Å². The summed E-state index contributed by atoms with van der Waals surface area (Å²) in [7, 11) is 1.66. The molecule has 0 aliphatic carbocycles. The Labute approximate surface area is 116 Å². The number of hydrogen-bond donors (Lipinski definition) is 1. The average Bonchev–Trinajstić information content (AvgIpc) is 2.40. The highest BCUT2D eigenvalue weighted by Gasteiger charge is 2.06. The molecule has 1 aliphatic rings. The van der Waals surface area contributed by atoms with Crippen LogP contribution in [0, 0.1) is 0 Å². The third-order valence-electron chi connectivity index (χ3n) is 3.25. The highest BCUT2D eigenvalue weighted by molar-refractivity contribution is 5.88. The number of nitrogens with one attached hydrogen (secondary N) is 1. The molecule has 1 N–H and O–H groups in total. The normalized spacial score (nSPS) is 25.2. The fourth-order valence-corrected chi connectivity index (χ4v) is 2.08. The van der Waals surface area contributed by atoms with Crippen molar-refractivity contribution in [1.82, 2.24) is 5.32 Å². The number of hydrogen-bond acceptors (Lipinski definition) is 2. The zero-order valence-electron chi connectivity index (χ0n) is 12.3. The Hall–Kier alpha value is -1.51. The van der Waals surface area contributed by atoms with Gasteiger partial charge in [-0.1, -0.05) is 31.4 Å². The Kier molecular flexibility index (Phi) is 7.01. The number of ether oxygens (including phenoxy) is 1. The molecule has 106 valence electrons. The van der Waals surface area contributed by atoms with Crippen molar-refractivity contribution in [2.75, 3.05) is 13.7 Å². The molecule has 0 radical (unpaired) electrons. The number of unbranched alkanes of at least 4 members (excludes halogenated alkanes) is 2. The van der Waals surface area contributed by atoms with E-state index in [4.69, 9.17) is 4.74 Å². The van der Waals surface area contributed by atoms with Crippen LogP contribution in [0.15, 0.2) is 35.1 Å². The predicted molar refractivity (Wildman–Crippen MR) is 78.7 cm³/mol. The third kappa shape index (κ3) is 5.77. The van der Waals surface area contributed by atoms with Crippen LogP contribution in [0.2, 0.25) is 0 Å². The first kappa shape index (κ1) is 15.5. The van der Waals surface area contributed by atoms with Gasteiger partial charge in [0.25, 0.3) is 0 Å². The molecule has 0 aromatic carbocycles. The summed E-state index contributed by atoms with van der Waals surface area (Å²) in [5.41, 5.74) is 2.23. The Morgan fingerprint density at radius 1 is 1.37 bits per heavy atom. The van der Waals surface area contributed by atoms with Gasteiger partial charge in [-0.3, -0.25) is 4.79 Å². The smallest absolute Gasteiger partial charge is 0.244 e. The minimum absolute atomic E-state index is 0.00315. The molecule has 0 atom stereocenters. The highest BCUT2D eigenvalue weighted by atomic mass is 16.5. The minimum Gasteiger partial charge on any atom is -0.497 e. The van der Waals surface area contributed by atoms with Crippen molar-refractivity contribution in [2.24, 2.45) is 0 Å². The van der Waals surface area contributed by atoms with E-state index in [2.05, 4.69) is 18.3 Å². The van der Waals surface area contributed by atoms with E-state index in [9.17, 15) is 4.79 Å². The van der Waals surface area contributed by atoms with Crippen LogP contribution in [0.1, 0.15) is 46.0 Å². The van der Waals surface area contributed by atoms with Gasteiger partial charge < -0.3 is 10.1 Å². The van der Waals surface area contributed by atoms with Crippen molar-refractivity contribution < 1.29 is 9.53 Å². The SMILES string of the molecule is CCCCC/C1=C/C(=O)NC/C(C)=C(OC)\C=C/C1. The van der Waals surface area contributed by atoms with Crippen molar-refractivity contribution in [3.63, 3.8) is 0 Å². The molecule has 0 aromatic rings. The van der Waals surface area contributed by atoms with E-state index in [0.717, 1.165) is 30.6 Å². The second-order valence-electron chi connectivity index (χ2n) is 4.93. The molecule has 0 unspecified atom stereocenters. The topological polar surface area (TPSA) is 38.3 Å². The van der Waals surface area contributed by atoms with E-state index in [1.165, 1.54) is 18.4 Å². The molecular formula is C16H25NO2. The van der Waals surface area contributed by atoms with Crippen molar-refractivity contribution in [3.05, 3.63) is 35.1 Å². The molecule has 0 saturated carbocycles. The first-order valence-corrected chi connectivity index (χ1v) is 7.05. The Bertz CT molecular complexity index is 392. The van der Waals surface area contributed by atoms with Gasteiger partial charge in [-0.15, -0.1) is 0 Å². The summed E-state index contributed by atoms with van der Waals surface area (Å²) in [6.45, 7) is 4.69. The van der Waals surface area contributed by atoms with E-state index in [1.54, 1.807) is 13.2 Å². The number of allylic oxidation sites excluding steroid dienone is 3. The van der Waals surface area contributed by atoms with Crippen molar-refractivity contribution in [3.8, 4) is 0 Å². The van der Waals surface area contributed by atoms with Gasteiger partial charge in [0.1, 0.15) is 5.76 Å². The standard InChI is InChI=1S/C16H25NO2/c1-4-5-6-8-14-9-7-10-15(19-3)13(2)12-17-16(18)11-14/h7,10-11H,4-6,8-9,12H2,1-3H3,(H,17,18)/b10-7-,14-11-,15-13+. The minimum atomic E-state index is -0.00315. The van der Waals surface area contributed by atoms with Gasteiger partial charge in [0.05, 0.1) is 7.11 Å². The zero-order valence-corrected chi connectivity index (χ0v) is 12.3. The fourth-order valence-electron chi connectivity index (χ4n) is 2.08. The average molecular weight is 263 g/mol. The molecule has 0 spiro atoms. The molecule has 0 saturated heterocycles. The largest absolute Gasteiger partial charge is 0.497 e. The van der Waals surface area contributed by atoms with Crippen LogP contribution in [0.5, 0.6) is 0 Å². The fraction of sp³-hybridized carbons (Fsp3) is 0.562. The Morgan fingerprint density at radius 2 is 2.16 bits per heavy atom. The molecular weight excluding hydrogens is 238 g/mol. The van der Waals surface area contributed by atoms with E-state index < -0.39 is 0 Å². The summed E-state index contributed by atoms with van der Waals surface area (Å²) in [5.74, 6) is 0.840. The van der Waals surface area contributed by atoms with E-state index in [-0.39, 0.29) is 5.91 Å². The van der Waals surface area contributed by atoms with Crippen LogP contribution in [0.4, 0.5) is 0 Å². The second kappa shape index (κ2) is 8.57. The van der Waals surface area contributed by atoms with Gasteiger partial charge in [-0.05, 0) is 37.8 Å². The van der Waals surface area contributed by atoms with Gasteiger partial charge in [0, 0.05) is 12.6 Å². The first-order valence-electron chi connectivity index (χ1n) is 7.05. The summed E-state index contributed by atoms with van der Waals surface area (Å²) in [4.78, 5) is 11.8. The molecule has 0 bridgehead atoms. The van der Waals surface area contributed by atoms with Gasteiger partial charge in [-0.2, -0.15) is 0 Å². The maximum Gasteiger partial charge on any atom is 0.244 e. The van der Waals surface area contributed by atoms with Crippen LogP contribution in [-0.2, 0) is 9.53 Å². The van der Waals surface area contributed by atoms with Crippen molar-refractivity contribution >= 4 is 5.91 Å². The molecule has 1 heterocycles. The molecule has 1 amide bonds. The van der Waals surface area contributed by atoms with Gasteiger partial charge >= 0.3 is 0 Å². The first-order chi connectivity index (χ1) is 9.17. The lowest BCUT2D eigenvalue weighted by Crippen LogP contribution is -2.24. The lowest BCUT2D eigenvalue weighted by Gasteiger charge is -2.11. The quantitative estimate of drug-likeness (QED) is 0.771. The van der Waals surface area contributed by atoms with Crippen LogP contribution in [0.25, 0.3) is 0 Å². The predicted octanol–water partition coefficient (Wildman–Crippen LogP) is 3.49. The van der Waals surface area contributed by atoms with E-state index in [0.29, 0.717) is 6.54 Å². The maximum atomic E-state index is 11.8. The summed E-state index contributed by atoms with van der Waals surface area (Å²) in [5, 5.41) is 2.90. The van der Waals surface area contributed by atoms with Crippen LogP contribution >= 0.6 is 0 Å². The summed E-state index contributed by atoms with van der Waals surface area (Å²) < 4.78 is 5.33. The number of rotatable bonds is 5. The van der Waals surface area contributed by atoms with Crippen LogP contribution in [-0.4, -0.2) is 19.6 Å². The van der Waals surface area contributed by atoms with Crippen LogP contribution < -0.4 is 5.32 Å². The molecule has 0 aromatic heterocycles. The van der Waals surface area contributed by atoms with E-state index >= 15 is 0 Å². The molecule has 0 fully saturated rings. The maximum absolute atomic E-state index is 11.8. The number of carbonyl (C=O) groups is 1. The lowest BCUT2D eigenvalue weighted by atomic mass is 10.0. The number of methoxy groups -OCH3 is 1. The molecule has 3 heteroatoms. The van der Waals surface area contributed by atoms with Crippen molar-refractivity contribution in [2.45, 2.75) is 46.0 Å². The Balaban J connectivity index is 2.75. The second-order valence-corrected chi connectivity index (χ2v) is 4.93. The molecule has 3 nitrogen and oxygen atoms in total. The number of amides is 1. The summed E-state index contributed by atoms with van der Waals surface area (Å²) >= 11 is 0. The van der Waals surface area contributed by atoms with E-state index in [1.807, 2.05) is 13.0 Å². The molecule has 1 rings (SSSR count). The molecule has 1 aliphatic heterocycles. The summed E-state index contributed by atoms with van der Waals surface area (Å²) in [6.07, 6.45) is 11.2. The number of carbonyl (C=O) groups excluding carboxylic acids is 1. The van der Waals surface area contributed by atoms with Gasteiger partial charge in [-0.25, -0.2) is 0 Å². The van der Waals surface area contributed by atoms with Gasteiger partial charge in [0.2, 0.25) is 5.91 Å². The third-order valence-corrected chi connectivity index (χ3v) is 3.25. The molecule has 19 heavy (non-hydrogen) atoms. The lowest BCUT2D eigenvalue weighted by molar-refractivity contribution is -0.116. The Morgan fingerprint density at radius 3 is 2.84 bits per heavy atom.